The second kappa shape index (κ2) is 7.23. The van der Waals surface area contributed by atoms with E-state index >= 15 is 0 Å². The normalized spacial score (nSPS) is 16.8. The SMILES string of the molecule is Cc1ccc(N2C(=O)N(CC(=O)Nc3cc(C)cc(C)c3)C(=O)[C@@H]2C)cc1. The molecule has 1 aliphatic rings. The van der Waals surface area contributed by atoms with Gasteiger partial charge in [0, 0.05) is 11.4 Å². The molecule has 4 amide bonds. The van der Waals surface area contributed by atoms with Crippen LogP contribution in [0.1, 0.15) is 23.6 Å². The van der Waals surface area contributed by atoms with Gasteiger partial charge in [0.1, 0.15) is 12.6 Å². The van der Waals surface area contributed by atoms with Gasteiger partial charge in [0.2, 0.25) is 5.91 Å². The lowest BCUT2D eigenvalue weighted by molar-refractivity contribution is -0.130. The third kappa shape index (κ3) is 3.84. The van der Waals surface area contributed by atoms with E-state index in [9.17, 15) is 14.4 Å². The molecule has 0 bridgehead atoms. The average molecular weight is 365 g/mol. The minimum Gasteiger partial charge on any atom is -0.325 e. The number of imide groups is 1. The number of hydrogen-bond acceptors (Lipinski definition) is 3. The van der Waals surface area contributed by atoms with Gasteiger partial charge < -0.3 is 5.32 Å². The van der Waals surface area contributed by atoms with Crippen LogP contribution in [0.3, 0.4) is 0 Å². The van der Waals surface area contributed by atoms with Crippen LogP contribution in [0.5, 0.6) is 0 Å². The van der Waals surface area contributed by atoms with E-state index in [4.69, 9.17) is 0 Å². The monoisotopic (exact) mass is 365 g/mol. The largest absolute Gasteiger partial charge is 0.332 e. The van der Waals surface area contributed by atoms with Gasteiger partial charge in [-0.25, -0.2) is 4.79 Å². The van der Waals surface area contributed by atoms with E-state index in [0.29, 0.717) is 11.4 Å². The lowest BCUT2D eigenvalue weighted by atomic mass is 10.1. The smallest absolute Gasteiger partial charge is 0.325 e. The van der Waals surface area contributed by atoms with Gasteiger partial charge in [0.25, 0.3) is 5.91 Å². The number of rotatable bonds is 4. The highest BCUT2D eigenvalue weighted by atomic mass is 16.2. The molecule has 0 spiro atoms. The lowest BCUT2D eigenvalue weighted by Gasteiger charge is -2.19. The van der Waals surface area contributed by atoms with Crippen LogP contribution in [0, 0.1) is 20.8 Å². The third-order valence-electron chi connectivity index (χ3n) is 4.57. The summed E-state index contributed by atoms with van der Waals surface area (Å²) in [6.45, 7) is 7.20. The summed E-state index contributed by atoms with van der Waals surface area (Å²) in [4.78, 5) is 40.1. The number of hydrogen-bond donors (Lipinski definition) is 1. The zero-order valence-corrected chi connectivity index (χ0v) is 15.9. The van der Waals surface area contributed by atoms with Crippen LogP contribution in [0.2, 0.25) is 0 Å². The molecule has 0 unspecified atom stereocenters. The Hall–Kier alpha value is -3.15. The molecule has 1 fully saturated rings. The van der Waals surface area contributed by atoms with E-state index in [-0.39, 0.29) is 12.5 Å². The van der Waals surface area contributed by atoms with Crippen LogP contribution in [0.4, 0.5) is 16.2 Å². The van der Waals surface area contributed by atoms with E-state index in [1.807, 2.05) is 51.1 Å². The number of benzene rings is 2. The van der Waals surface area contributed by atoms with Crippen molar-refractivity contribution in [2.24, 2.45) is 0 Å². The highest BCUT2D eigenvalue weighted by Crippen LogP contribution is 2.26. The molecule has 0 aromatic heterocycles. The number of nitrogens with one attached hydrogen (secondary N) is 1. The molecule has 2 aromatic rings. The number of nitrogens with zero attached hydrogens (tertiary/aromatic N) is 2. The maximum absolute atomic E-state index is 12.8. The minimum atomic E-state index is -0.644. The molecule has 27 heavy (non-hydrogen) atoms. The van der Waals surface area contributed by atoms with Crippen molar-refractivity contribution in [3.63, 3.8) is 0 Å². The molecule has 1 N–H and O–H groups in total. The van der Waals surface area contributed by atoms with Gasteiger partial charge in [-0.3, -0.25) is 19.4 Å². The number of anilines is 2. The zero-order valence-electron chi connectivity index (χ0n) is 15.9. The topological polar surface area (TPSA) is 69.7 Å². The molecule has 0 radical (unpaired) electrons. The van der Waals surface area contributed by atoms with Crippen molar-refractivity contribution in [3.05, 3.63) is 59.2 Å². The van der Waals surface area contributed by atoms with Crippen LogP contribution in [-0.4, -0.2) is 35.3 Å². The Labute approximate surface area is 158 Å². The third-order valence-corrected chi connectivity index (χ3v) is 4.57. The molecule has 6 nitrogen and oxygen atoms in total. The fraction of sp³-hybridized carbons (Fsp3) is 0.286. The van der Waals surface area contributed by atoms with Gasteiger partial charge in [0.15, 0.2) is 0 Å². The summed E-state index contributed by atoms with van der Waals surface area (Å²) in [7, 11) is 0. The van der Waals surface area contributed by atoms with Gasteiger partial charge in [-0.1, -0.05) is 23.8 Å². The number of carbonyl (C=O) groups is 3. The fourth-order valence-electron chi connectivity index (χ4n) is 3.30. The van der Waals surface area contributed by atoms with E-state index in [0.717, 1.165) is 21.6 Å². The molecule has 1 atom stereocenters. The van der Waals surface area contributed by atoms with Crippen LogP contribution in [-0.2, 0) is 9.59 Å². The Balaban J connectivity index is 1.74. The Morgan fingerprint density at radius 3 is 2.15 bits per heavy atom. The van der Waals surface area contributed by atoms with Gasteiger partial charge >= 0.3 is 6.03 Å². The fourth-order valence-corrected chi connectivity index (χ4v) is 3.30. The number of amides is 4. The summed E-state index contributed by atoms with van der Waals surface area (Å²) < 4.78 is 0. The van der Waals surface area contributed by atoms with Crippen LogP contribution in [0.15, 0.2) is 42.5 Å². The second-order valence-corrected chi connectivity index (χ2v) is 7.01. The molecular weight excluding hydrogens is 342 g/mol. The van der Waals surface area contributed by atoms with E-state index in [1.165, 1.54) is 4.90 Å². The average Bonchev–Trinajstić information content (AvgIpc) is 2.78. The molecular formula is C21H23N3O3. The molecule has 140 valence electrons. The summed E-state index contributed by atoms with van der Waals surface area (Å²) in [5.74, 6) is -0.782. The van der Waals surface area contributed by atoms with Gasteiger partial charge in [-0.2, -0.15) is 0 Å². The maximum atomic E-state index is 12.8. The van der Waals surface area contributed by atoms with Gasteiger partial charge in [-0.05, 0) is 63.1 Å². The van der Waals surface area contributed by atoms with Crippen LogP contribution < -0.4 is 10.2 Å². The van der Waals surface area contributed by atoms with Crippen LogP contribution in [0.25, 0.3) is 0 Å². The van der Waals surface area contributed by atoms with Crippen molar-refractivity contribution < 1.29 is 14.4 Å². The molecule has 1 saturated heterocycles. The zero-order chi connectivity index (χ0) is 19.7. The quantitative estimate of drug-likeness (QED) is 0.844. The number of aryl methyl sites for hydroxylation is 3. The lowest BCUT2D eigenvalue weighted by Crippen LogP contribution is -2.39. The maximum Gasteiger partial charge on any atom is 0.332 e. The summed E-state index contributed by atoms with van der Waals surface area (Å²) >= 11 is 0. The Morgan fingerprint density at radius 2 is 1.56 bits per heavy atom. The molecule has 0 aliphatic carbocycles. The second-order valence-electron chi connectivity index (χ2n) is 7.01. The Morgan fingerprint density at radius 1 is 0.963 bits per heavy atom. The highest BCUT2D eigenvalue weighted by Gasteiger charge is 2.44. The van der Waals surface area contributed by atoms with Crippen molar-refractivity contribution in [2.75, 3.05) is 16.8 Å². The highest BCUT2D eigenvalue weighted by molar-refractivity contribution is 6.16. The van der Waals surface area contributed by atoms with Crippen molar-refractivity contribution in [2.45, 2.75) is 33.7 Å². The Kier molecular flexibility index (Phi) is 4.99. The molecule has 0 saturated carbocycles. The minimum absolute atomic E-state index is 0.308. The number of carbonyl (C=O) groups excluding carboxylic acids is 3. The van der Waals surface area contributed by atoms with E-state index < -0.39 is 18.0 Å². The predicted molar refractivity (Wildman–Crippen MR) is 105 cm³/mol. The molecule has 1 aliphatic heterocycles. The molecule has 1 heterocycles. The van der Waals surface area contributed by atoms with Gasteiger partial charge in [0.05, 0.1) is 0 Å². The summed E-state index contributed by atoms with van der Waals surface area (Å²) in [6, 6.07) is 11.9. The van der Waals surface area contributed by atoms with Crippen LogP contribution >= 0.6 is 0 Å². The summed E-state index contributed by atoms with van der Waals surface area (Å²) in [5, 5.41) is 2.76. The molecule has 3 rings (SSSR count). The standard InChI is InChI=1S/C21H23N3O3/c1-13-5-7-18(8-6-13)24-16(4)20(26)23(21(24)27)12-19(25)22-17-10-14(2)9-15(3)11-17/h5-11,16H,12H2,1-4H3,(H,22,25)/t16-/m0/s1. The summed E-state index contributed by atoms with van der Waals surface area (Å²) in [5.41, 5.74) is 4.41. The van der Waals surface area contributed by atoms with E-state index in [2.05, 4.69) is 5.32 Å². The summed E-state index contributed by atoms with van der Waals surface area (Å²) in [6.07, 6.45) is 0. The molecule has 2 aromatic carbocycles. The van der Waals surface area contributed by atoms with Crippen molar-refractivity contribution in [3.8, 4) is 0 Å². The van der Waals surface area contributed by atoms with Crippen molar-refractivity contribution in [1.82, 2.24) is 4.90 Å². The van der Waals surface area contributed by atoms with Crippen molar-refractivity contribution in [1.29, 1.82) is 0 Å². The first-order valence-electron chi connectivity index (χ1n) is 8.85. The first-order chi connectivity index (χ1) is 12.8. The first-order valence-corrected chi connectivity index (χ1v) is 8.85. The Bertz CT molecular complexity index is 885. The predicted octanol–water partition coefficient (Wildman–Crippen LogP) is 3.41. The first kappa shape index (κ1) is 18.6. The van der Waals surface area contributed by atoms with E-state index in [1.54, 1.807) is 19.1 Å². The molecule has 6 heteroatoms. The number of urea groups is 1. The van der Waals surface area contributed by atoms with Crippen molar-refractivity contribution >= 4 is 29.2 Å². The van der Waals surface area contributed by atoms with Gasteiger partial charge in [-0.15, -0.1) is 0 Å².